The molecule has 0 spiro atoms. The van der Waals surface area contributed by atoms with E-state index in [1.165, 1.54) is 0 Å². The summed E-state index contributed by atoms with van der Waals surface area (Å²) in [5.74, 6) is 1.23. The van der Waals surface area contributed by atoms with Crippen LogP contribution in [0.25, 0.3) is 0 Å². The number of aromatic nitrogens is 1. The van der Waals surface area contributed by atoms with Crippen molar-refractivity contribution in [2.24, 2.45) is 0 Å². The molecule has 102 valence electrons. The molecule has 0 bridgehead atoms. The van der Waals surface area contributed by atoms with Gasteiger partial charge in [0.15, 0.2) is 5.76 Å². The molecule has 18 heavy (non-hydrogen) atoms. The highest BCUT2D eigenvalue weighted by Gasteiger charge is 2.33. The topological polar surface area (TPSA) is 68.0 Å². The first kappa shape index (κ1) is 13.3. The van der Waals surface area contributed by atoms with Gasteiger partial charge in [-0.1, -0.05) is 0 Å². The first-order valence-corrected chi connectivity index (χ1v) is 6.03. The van der Waals surface area contributed by atoms with Gasteiger partial charge >= 0.3 is 0 Å². The van der Waals surface area contributed by atoms with Crippen LogP contribution in [0.1, 0.15) is 19.6 Å². The number of hydrogen-bond acceptors (Lipinski definition) is 6. The van der Waals surface area contributed by atoms with E-state index < -0.39 is 0 Å². The van der Waals surface area contributed by atoms with Crippen molar-refractivity contribution in [3.63, 3.8) is 0 Å². The van der Waals surface area contributed by atoms with Crippen molar-refractivity contribution in [2.75, 3.05) is 26.8 Å². The summed E-state index contributed by atoms with van der Waals surface area (Å²) in [5.41, 5.74) is -0.268. The Morgan fingerprint density at radius 2 is 2.39 bits per heavy atom. The molecule has 1 fully saturated rings. The molecule has 1 N–H and O–H groups in total. The lowest BCUT2D eigenvalue weighted by Crippen LogP contribution is -2.53. The number of methoxy groups -OCH3 is 1. The lowest BCUT2D eigenvalue weighted by Gasteiger charge is -2.41. The second-order valence-electron chi connectivity index (χ2n) is 5.19. The number of ether oxygens (including phenoxy) is 2. The standard InChI is InChI=1S/C12H20N2O4/c1-12(2)8-14(6-10(7-15)17-12)5-9-4-11(16-3)13-18-9/h4,10,15H,5-8H2,1-3H3. The van der Waals surface area contributed by atoms with Crippen LogP contribution in [-0.4, -0.2) is 53.7 Å². The molecule has 1 aliphatic heterocycles. The van der Waals surface area contributed by atoms with E-state index in [1.54, 1.807) is 13.2 Å². The van der Waals surface area contributed by atoms with Gasteiger partial charge in [0.1, 0.15) is 0 Å². The molecule has 2 rings (SSSR count). The summed E-state index contributed by atoms with van der Waals surface area (Å²) < 4.78 is 15.9. The molecule has 6 heteroatoms. The fourth-order valence-corrected chi connectivity index (χ4v) is 2.32. The normalized spacial score (nSPS) is 24.1. The highest BCUT2D eigenvalue weighted by molar-refractivity contribution is 5.10. The Morgan fingerprint density at radius 1 is 1.61 bits per heavy atom. The number of aliphatic hydroxyl groups is 1. The van der Waals surface area contributed by atoms with Crippen LogP contribution >= 0.6 is 0 Å². The molecular weight excluding hydrogens is 236 g/mol. The van der Waals surface area contributed by atoms with Crippen molar-refractivity contribution in [2.45, 2.75) is 32.1 Å². The molecule has 1 unspecified atom stereocenters. The molecule has 2 heterocycles. The lowest BCUT2D eigenvalue weighted by molar-refractivity contribution is -0.151. The molecule has 1 aromatic rings. The Morgan fingerprint density at radius 3 is 3.00 bits per heavy atom. The molecule has 1 atom stereocenters. The highest BCUT2D eigenvalue weighted by Crippen LogP contribution is 2.23. The first-order valence-electron chi connectivity index (χ1n) is 6.03. The lowest BCUT2D eigenvalue weighted by atomic mass is 10.1. The Kier molecular flexibility index (Phi) is 3.89. The summed E-state index contributed by atoms with van der Waals surface area (Å²) >= 11 is 0. The quantitative estimate of drug-likeness (QED) is 0.853. The molecule has 0 aliphatic carbocycles. The largest absolute Gasteiger partial charge is 0.479 e. The maximum atomic E-state index is 9.24. The summed E-state index contributed by atoms with van der Waals surface area (Å²) in [6.07, 6.45) is -0.154. The second kappa shape index (κ2) is 5.26. The van der Waals surface area contributed by atoms with Crippen LogP contribution in [0.5, 0.6) is 5.88 Å². The van der Waals surface area contributed by atoms with E-state index in [9.17, 15) is 5.11 Å². The van der Waals surface area contributed by atoms with E-state index in [1.807, 2.05) is 13.8 Å². The molecule has 0 amide bonds. The maximum absolute atomic E-state index is 9.24. The summed E-state index contributed by atoms with van der Waals surface area (Å²) in [7, 11) is 1.56. The van der Waals surface area contributed by atoms with Gasteiger partial charge in [0.2, 0.25) is 0 Å². The van der Waals surface area contributed by atoms with Gasteiger partial charge in [-0.25, -0.2) is 0 Å². The Bertz CT molecular complexity index is 391. The summed E-state index contributed by atoms with van der Waals surface area (Å²) in [4.78, 5) is 2.18. The van der Waals surface area contributed by atoms with Gasteiger partial charge in [0.05, 0.1) is 32.0 Å². The SMILES string of the molecule is COc1cc(CN2CC(CO)OC(C)(C)C2)on1. The zero-order valence-corrected chi connectivity index (χ0v) is 11.0. The van der Waals surface area contributed by atoms with Crippen molar-refractivity contribution < 1.29 is 19.1 Å². The van der Waals surface area contributed by atoms with Crippen LogP contribution < -0.4 is 4.74 Å². The van der Waals surface area contributed by atoms with Crippen molar-refractivity contribution >= 4 is 0 Å². The number of aliphatic hydroxyl groups excluding tert-OH is 1. The van der Waals surface area contributed by atoms with Gasteiger partial charge in [-0.15, -0.1) is 0 Å². The van der Waals surface area contributed by atoms with E-state index in [4.69, 9.17) is 14.0 Å². The Hall–Kier alpha value is -1.11. The highest BCUT2D eigenvalue weighted by atomic mass is 16.5. The van der Waals surface area contributed by atoms with Crippen LogP contribution in [0.3, 0.4) is 0 Å². The van der Waals surface area contributed by atoms with Crippen molar-refractivity contribution in [3.05, 3.63) is 11.8 Å². The molecule has 0 aromatic carbocycles. The van der Waals surface area contributed by atoms with Crippen molar-refractivity contribution in [3.8, 4) is 5.88 Å². The zero-order valence-electron chi connectivity index (χ0n) is 11.0. The molecule has 0 saturated carbocycles. The first-order chi connectivity index (χ1) is 8.52. The van der Waals surface area contributed by atoms with Crippen molar-refractivity contribution in [1.29, 1.82) is 0 Å². The third kappa shape index (κ3) is 3.22. The summed E-state index contributed by atoms with van der Waals surface area (Å²) in [6.45, 7) is 6.17. The molecule has 1 saturated heterocycles. The summed E-state index contributed by atoms with van der Waals surface area (Å²) in [6, 6.07) is 1.77. The van der Waals surface area contributed by atoms with Gasteiger partial charge < -0.3 is 19.1 Å². The van der Waals surface area contributed by atoms with Crippen LogP contribution in [0.2, 0.25) is 0 Å². The number of morpholine rings is 1. The molecule has 1 aliphatic rings. The van der Waals surface area contributed by atoms with Gasteiger partial charge in [0.25, 0.3) is 5.88 Å². The van der Waals surface area contributed by atoms with Gasteiger partial charge in [-0.2, -0.15) is 0 Å². The third-order valence-electron chi connectivity index (χ3n) is 2.88. The van der Waals surface area contributed by atoms with Crippen LogP contribution in [0, 0.1) is 0 Å². The average molecular weight is 256 g/mol. The van der Waals surface area contributed by atoms with Gasteiger partial charge in [-0.3, -0.25) is 4.90 Å². The van der Waals surface area contributed by atoms with E-state index in [0.717, 1.165) is 12.3 Å². The molecule has 6 nitrogen and oxygen atoms in total. The Labute approximate surface area is 106 Å². The van der Waals surface area contributed by atoms with E-state index in [0.29, 0.717) is 19.0 Å². The predicted molar refractivity (Wildman–Crippen MR) is 64.4 cm³/mol. The smallest absolute Gasteiger partial charge is 0.254 e. The van der Waals surface area contributed by atoms with Gasteiger partial charge in [0, 0.05) is 19.2 Å². The monoisotopic (exact) mass is 256 g/mol. The van der Waals surface area contributed by atoms with Crippen molar-refractivity contribution in [1.82, 2.24) is 10.1 Å². The van der Waals surface area contributed by atoms with E-state index in [-0.39, 0.29) is 18.3 Å². The van der Waals surface area contributed by atoms with E-state index in [2.05, 4.69) is 10.1 Å². The maximum Gasteiger partial charge on any atom is 0.254 e. The predicted octanol–water partition coefficient (Wildman–Crippen LogP) is 0.655. The summed E-state index contributed by atoms with van der Waals surface area (Å²) in [5, 5.41) is 13.0. The minimum atomic E-state index is -0.268. The van der Waals surface area contributed by atoms with Crippen LogP contribution in [0.15, 0.2) is 10.6 Å². The molecule has 0 radical (unpaired) electrons. The van der Waals surface area contributed by atoms with E-state index >= 15 is 0 Å². The van der Waals surface area contributed by atoms with Crippen LogP contribution in [-0.2, 0) is 11.3 Å². The second-order valence-corrected chi connectivity index (χ2v) is 5.19. The van der Waals surface area contributed by atoms with Gasteiger partial charge in [-0.05, 0) is 19.0 Å². The Balaban J connectivity index is 1.99. The molecular formula is C12H20N2O4. The number of nitrogens with zero attached hydrogens (tertiary/aromatic N) is 2. The fourth-order valence-electron chi connectivity index (χ4n) is 2.32. The third-order valence-corrected chi connectivity index (χ3v) is 2.88. The van der Waals surface area contributed by atoms with Crippen LogP contribution in [0.4, 0.5) is 0 Å². The number of hydrogen-bond donors (Lipinski definition) is 1. The fraction of sp³-hybridized carbons (Fsp3) is 0.750. The average Bonchev–Trinajstić information content (AvgIpc) is 2.74. The minimum absolute atomic E-state index is 0.0274. The number of rotatable bonds is 4. The minimum Gasteiger partial charge on any atom is -0.479 e. The molecule has 1 aromatic heterocycles. The zero-order chi connectivity index (χ0) is 13.2.